The molecule has 0 aliphatic heterocycles. The highest BCUT2D eigenvalue weighted by molar-refractivity contribution is 7.16. The van der Waals surface area contributed by atoms with Crippen molar-refractivity contribution in [1.82, 2.24) is 0 Å². The zero-order valence-corrected chi connectivity index (χ0v) is 17.4. The zero-order chi connectivity index (χ0) is 19.6. The average molecular weight is 383 g/mol. The Bertz CT molecular complexity index is 900. The van der Waals surface area contributed by atoms with E-state index in [-0.39, 0.29) is 5.41 Å². The number of aliphatic imine (C=N–C) groups is 1. The van der Waals surface area contributed by atoms with Crippen LogP contribution in [-0.4, -0.2) is 20.4 Å². The molecule has 27 heavy (non-hydrogen) atoms. The summed E-state index contributed by atoms with van der Waals surface area (Å²) in [6.07, 6.45) is 4.92. The maximum absolute atomic E-state index is 9.70. The molecule has 1 aromatic heterocycles. The fourth-order valence-corrected chi connectivity index (χ4v) is 4.79. The minimum absolute atomic E-state index is 0.286. The van der Waals surface area contributed by atoms with Gasteiger partial charge in [0.25, 0.3) is 0 Å². The Hall–Kier alpha value is -2.32. The van der Waals surface area contributed by atoms with E-state index in [4.69, 9.17) is 9.47 Å². The molecule has 1 aliphatic rings. The van der Waals surface area contributed by atoms with E-state index < -0.39 is 0 Å². The third-order valence-electron chi connectivity index (χ3n) is 5.34. The second kappa shape index (κ2) is 7.74. The van der Waals surface area contributed by atoms with Gasteiger partial charge in [-0.1, -0.05) is 20.8 Å². The van der Waals surface area contributed by atoms with E-state index >= 15 is 0 Å². The number of methoxy groups -OCH3 is 2. The molecule has 0 bridgehead atoms. The minimum Gasteiger partial charge on any atom is -0.497 e. The molecule has 0 unspecified atom stereocenters. The first-order valence-electron chi connectivity index (χ1n) is 9.18. The lowest BCUT2D eigenvalue weighted by Gasteiger charge is -2.33. The smallest absolute Gasteiger partial charge is 0.134 e. The van der Waals surface area contributed by atoms with Crippen molar-refractivity contribution in [2.75, 3.05) is 14.2 Å². The zero-order valence-electron chi connectivity index (χ0n) is 16.6. The topological polar surface area (TPSA) is 54.6 Å². The highest BCUT2D eigenvalue weighted by atomic mass is 32.1. The van der Waals surface area contributed by atoms with Crippen LogP contribution in [0.25, 0.3) is 0 Å². The molecule has 0 spiro atoms. The first kappa shape index (κ1) is 19.4. The van der Waals surface area contributed by atoms with Crippen LogP contribution >= 0.6 is 11.3 Å². The van der Waals surface area contributed by atoms with Crippen molar-refractivity contribution in [3.05, 3.63) is 39.8 Å². The van der Waals surface area contributed by atoms with Crippen LogP contribution in [0.1, 0.15) is 48.8 Å². The van der Waals surface area contributed by atoms with Gasteiger partial charge in [-0.25, -0.2) is 4.99 Å². The Kier molecular flexibility index (Phi) is 5.57. The summed E-state index contributed by atoms with van der Waals surface area (Å²) in [5.41, 5.74) is 3.10. The van der Waals surface area contributed by atoms with Gasteiger partial charge in [0.15, 0.2) is 0 Å². The van der Waals surface area contributed by atoms with Gasteiger partial charge >= 0.3 is 0 Å². The summed E-state index contributed by atoms with van der Waals surface area (Å²) in [6.45, 7) is 6.91. The van der Waals surface area contributed by atoms with Crippen LogP contribution in [-0.2, 0) is 12.8 Å². The van der Waals surface area contributed by atoms with Gasteiger partial charge in [0.05, 0.1) is 19.8 Å². The number of nitriles is 1. The molecule has 0 saturated carbocycles. The third-order valence-corrected chi connectivity index (χ3v) is 6.51. The summed E-state index contributed by atoms with van der Waals surface area (Å²) in [4.78, 5) is 5.98. The van der Waals surface area contributed by atoms with Gasteiger partial charge in [0.1, 0.15) is 22.6 Å². The molecule has 142 valence electrons. The Labute approximate surface area is 165 Å². The normalized spacial score (nSPS) is 16.8. The van der Waals surface area contributed by atoms with Crippen LogP contribution in [0.2, 0.25) is 0 Å². The number of thiophene rings is 1. The third kappa shape index (κ3) is 4.01. The number of nitrogens with zero attached hydrogens (tertiary/aromatic N) is 2. The van der Waals surface area contributed by atoms with E-state index in [1.165, 1.54) is 10.4 Å². The summed E-state index contributed by atoms with van der Waals surface area (Å²) < 4.78 is 10.7. The van der Waals surface area contributed by atoms with Crippen molar-refractivity contribution in [3.63, 3.8) is 0 Å². The van der Waals surface area contributed by atoms with Crippen molar-refractivity contribution in [1.29, 1.82) is 5.26 Å². The molecule has 1 aliphatic carbocycles. The second-order valence-electron chi connectivity index (χ2n) is 7.97. The Morgan fingerprint density at radius 1 is 1.26 bits per heavy atom. The summed E-state index contributed by atoms with van der Waals surface area (Å²) in [5.74, 6) is 2.08. The van der Waals surface area contributed by atoms with E-state index in [1.54, 1.807) is 31.8 Å². The quantitative estimate of drug-likeness (QED) is 0.653. The van der Waals surface area contributed by atoms with Crippen LogP contribution in [0, 0.1) is 22.7 Å². The molecule has 2 aromatic rings. The highest BCUT2D eigenvalue weighted by Crippen LogP contribution is 2.44. The number of benzene rings is 1. The highest BCUT2D eigenvalue weighted by Gasteiger charge is 2.32. The number of fused-ring (bicyclic) bond motifs is 1. The molecule has 1 atom stereocenters. The molecule has 5 heteroatoms. The van der Waals surface area contributed by atoms with Crippen LogP contribution in [0.4, 0.5) is 5.00 Å². The fourth-order valence-electron chi connectivity index (χ4n) is 3.57. The Morgan fingerprint density at radius 3 is 2.67 bits per heavy atom. The van der Waals surface area contributed by atoms with Gasteiger partial charge in [-0.05, 0) is 48.3 Å². The second-order valence-corrected chi connectivity index (χ2v) is 9.05. The van der Waals surface area contributed by atoms with Crippen molar-refractivity contribution in [2.24, 2.45) is 16.3 Å². The van der Waals surface area contributed by atoms with Crippen LogP contribution in [0.3, 0.4) is 0 Å². The van der Waals surface area contributed by atoms with E-state index in [0.717, 1.165) is 41.1 Å². The van der Waals surface area contributed by atoms with E-state index in [2.05, 4.69) is 31.8 Å². The molecule has 0 saturated heterocycles. The van der Waals surface area contributed by atoms with Gasteiger partial charge in [-0.3, -0.25) is 0 Å². The first-order valence-corrected chi connectivity index (χ1v) is 9.99. The van der Waals surface area contributed by atoms with Crippen LogP contribution < -0.4 is 9.47 Å². The molecule has 0 radical (unpaired) electrons. The van der Waals surface area contributed by atoms with E-state index in [9.17, 15) is 5.26 Å². The Balaban J connectivity index is 1.92. The molecule has 0 N–H and O–H groups in total. The van der Waals surface area contributed by atoms with Crippen LogP contribution in [0.5, 0.6) is 11.5 Å². The molecule has 0 amide bonds. The molecular weight excluding hydrogens is 356 g/mol. The van der Waals surface area contributed by atoms with Crippen molar-refractivity contribution < 1.29 is 9.47 Å². The minimum atomic E-state index is 0.286. The number of hydrogen-bond donors (Lipinski definition) is 0. The van der Waals surface area contributed by atoms with Gasteiger partial charge in [-0.2, -0.15) is 5.26 Å². The standard InChI is InChI=1S/C22H26N2O2S/c1-22(2,3)15-7-9-17-18(12-23)21(27-20(17)10-15)24-13-14-6-8-16(25-4)11-19(14)26-5/h6,8,11,13,15H,7,9-10H2,1-5H3/t15-/m1/s1. The number of ether oxygens (including phenoxy) is 2. The maximum atomic E-state index is 9.70. The molecule has 4 nitrogen and oxygen atoms in total. The SMILES string of the molecule is COc1ccc(C=Nc2sc3c(c2C#N)CC[C@@H](C(C)(C)C)C3)c(OC)c1. The number of hydrogen-bond acceptors (Lipinski definition) is 5. The van der Waals surface area contributed by atoms with Crippen molar-refractivity contribution >= 4 is 22.6 Å². The van der Waals surface area contributed by atoms with Gasteiger partial charge < -0.3 is 9.47 Å². The maximum Gasteiger partial charge on any atom is 0.134 e. The van der Waals surface area contributed by atoms with Crippen molar-refractivity contribution in [2.45, 2.75) is 40.0 Å². The first-order chi connectivity index (χ1) is 12.9. The average Bonchev–Trinajstić information content (AvgIpc) is 3.02. The van der Waals surface area contributed by atoms with E-state index in [0.29, 0.717) is 11.7 Å². The lowest BCUT2D eigenvalue weighted by Crippen LogP contribution is -2.26. The summed E-state index contributed by atoms with van der Waals surface area (Å²) in [7, 11) is 3.26. The molecular formula is C22H26N2O2S. The molecule has 0 fully saturated rings. The monoisotopic (exact) mass is 382 g/mol. The number of rotatable bonds is 4. The summed E-state index contributed by atoms with van der Waals surface area (Å²) in [6, 6.07) is 8.01. The van der Waals surface area contributed by atoms with Gasteiger partial charge in [0.2, 0.25) is 0 Å². The van der Waals surface area contributed by atoms with E-state index in [1.807, 2.05) is 18.2 Å². The predicted octanol–water partition coefficient (Wildman–Crippen LogP) is 5.54. The fraction of sp³-hybridized carbons (Fsp3) is 0.455. The molecule has 1 aromatic carbocycles. The van der Waals surface area contributed by atoms with Gasteiger partial charge in [0, 0.05) is 22.7 Å². The van der Waals surface area contributed by atoms with Crippen LogP contribution in [0.15, 0.2) is 23.2 Å². The summed E-state index contributed by atoms with van der Waals surface area (Å²) in [5, 5.41) is 10.5. The lowest BCUT2D eigenvalue weighted by atomic mass is 9.72. The predicted molar refractivity (Wildman–Crippen MR) is 111 cm³/mol. The van der Waals surface area contributed by atoms with Gasteiger partial charge in [-0.15, -0.1) is 11.3 Å². The largest absolute Gasteiger partial charge is 0.497 e. The summed E-state index contributed by atoms with van der Waals surface area (Å²) >= 11 is 1.66. The molecule has 3 rings (SSSR count). The Morgan fingerprint density at radius 2 is 2.04 bits per heavy atom. The molecule has 1 heterocycles. The lowest BCUT2D eigenvalue weighted by molar-refractivity contribution is 0.218. The van der Waals surface area contributed by atoms with Crippen molar-refractivity contribution in [3.8, 4) is 17.6 Å².